The molecule has 0 radical (unpaired) electrons. The summed E-state index contributed by atoms with van der Waals surface area (Å²) in [5.74, 6) is 1.41. The minimum Gasteiger partial charge on any atom is -0.369 e. The average molecular weight is 210 g/mol. The third-order valence-corrected chi connectivity index (χ3v) is 4.22. The van der Waals surface area contributed by atoms with Crippen LogP contribution in [0.2, 0.25) is 0 Å². The summed E-state index contributed by atoms with van der Waals surface area (Å²) in [6.45, 7) is 6.37. The maximum absolute atomic E-state index is 11.5. The van der Waals surface area contributed by atoms with E-state index in [0.717, 1.165) is 37.8 Å². The number of hydrogen-bond donors (Lipinski definition) is 2. The molecule has 3 N–H and O–H groups in total. The molecule has 1 spiro atoms. The summed E-state index contributed by atoms with van der Waals surface area (Å²) in [5, 5.41) is 3.35. The molecule has 3 atom stereocenters. The lowest BCUT2D eigenvalue weighted by atomic mass is 9.61. The fourth-order valence-electron chi connectivity index (χ4n) is 3.96. The van der Waals surface area contributed by atoms with Crippen molar-refractivity contribution in [3.05, 3.63) is 0 Å². The molecular weight excluding hydrogens is 188 g/mol. The topological polar surface area (TPSA) is 55.1 Å². The highest BCUT2D eigenvalue weighted by Gasteiger charge is 2.49. The Labute approximate surface area is 91.8 Å². The molecule has 15 heavy (non-hydrogen) atoms. The number of amides is 1. The van der Waals surface area contributed by atoms with Crippen molar-refractivity contribution < 1.29 is 4.79 Å². The van der Waals surface area contributed by atoms with Crippen molar-refractivity contribution in [1.82, 2.24) is 5.32 Å². The molecule has 2 fully saturated rings. The first-order valence-corrected chi connectivity index (χ1v) is 6.03. The first-order valence-electron chi connectivity index (χ1n) is 6.03. The minimum absolute atomic E-state index is 0.0581. The monoisotopic (exact) mass is 210 g/mol. The molecule has 1 aliphatic heterocycles. The Bertz CT molecular complexity index is 254. The van der Waals surface area contributed by atoms with Crippen LogP contribution in [0.1, 0.15) is 33.1 Å². The van der Waals surface area contributed by atoms with Crippen molar-refractivity contribution in [3.8, 4) is 0 Å². The lowest BCUT2D eigenvalue weighted by Crippen LogP contribution is -2.43. The van der Waals surface area contributed by atoms with Crippen molar-refractivity contribution in [2.24, 2.45) is 28.9 Å². The molecule has 1 saturated carbocycles. The van der Waals surface area contributed by atoms with Crippen LogP contribution in [0.3, 0.4) is 0 Å². The van der Waals surface area contributed by atoms with Crippen LogP contribution < -0.4 is 11.1 Å². The van der Waals surface area contributed by atoms with Gasteiger partial charge in [-0.3, -0.25) is 4.79 Å². The Kier molecular flexibility index (Phi) is 2.75. The summed E-state index contributed by atoms with van der Waals surface area (Å²) in [7, 11) is 0. The SMILES string of the molecule is CC1CC(C)CC2(CNCC2C(N)=O)C1. The van der Waals surface area contributed by atoms with E-state index in [4.69, 9.17) is 5.73 Å². The zero-order valence-electron chi connectivity index (χ0n) is 9.75. The number of rotatable bonds is 1. The van der Waals surface area contributed by atoms with Gasteiger partial charge in [-0.2, -0.15) is 0 Å². The van der Waals surface area contributed by atoms with Crippen LogP contribution in [-0.2, 0) is 4.79 Å². The van der Waals surface area contributed by atoms with Gasteiger partial charge in [0.1, 0.15) is 0 Å². The van der Waals surface area contributed by atoms with Gasteiger partial charge in [0, 0.05) is 13.1 Å². The van der Waals surface area contributed by atoms with E-state index in [1.807, 2.05) is 0 Å². The molecular formula is C12H22N2O. The zero-order chi connectivity index (χ0) is 11.1. The average Bonchev–Trinajstić information content (AvgIpc) is 2.45. The molecule has 1 aliphatic carbocycles. The molecule has 1 saturated heterocycles. The molecule has 0 bridgehead atoms. The van der Waals surface area contributed by atoms with Gasteiger partial charge in [-0.15, -0.1) is 0 Å². The molecule has 1 heterocycles. The van der Waals surface area contributed by atoms with Crippen molar-refractivity contribution in [3.63, 3.8) is 0 Å². The quantitative estimate of drug-likeness (QED) is 0.681. The van der Waals surface area contributed by atoms with Crippen LogP contribution in [0.5, 0.6) is 0 Å². The Hall–Kier alpha value is -0.570. The van der Waals surface area contributed by atoms with Crippen LogP contribution in [0, 0.1) is 23.2 Å². The van der Waals surface area contributed by atoms with Gasteiger partial charge in [0.15, 0.2) is 0 Å². The fourth-order valence-corrected chi connectivity index (χ4v) is 3.96. The summed E-state index contributed by atoms with van der Waals surface area (Å²) >= 11 is 0. The third-order valence-electron chi connectivity index (χ3n) is 4.22. The van der Waals surface area contributed by atoms with Crippen LogP contribution in [0.15, 0.2) is 0 Å². The van der Waals surface area contributed by atoms with Crippen molar-refractivity contribution in [1.29, 1.82) is 0 Å². The normalized spacial score (nSPS) is 45.9. The van der Waals surface area contributed by atoms with Crippen molar-refractivity contribution in [2.45, 2.75) is 33.1 Å². The smallest absolute Gasteiger partial charge is 0.222 e. The van der Waals surface area contributed by atoms with Gasteiger partial charge in [-0.25, -0.2) is 0 Å². The minimum atomic E-state index is -0.110. The van der Waals surface area contributed by atoms with E-state index in [1.54, 1.807) is 0 Å². The van der Waals surface area contributed by atoms with Crippen molar-refractivity contribution in [2.75, 3.05) is 13.1 Å². The number of nitrogens with one attached hydrogen (secondary N) is 1. The standard InChI is InChI=1S/C12H22N2O/c1-8-3-9(2)5-12(4-8)7-14-6-10(12)11(13)15/h8-10,14H,3-7H2,1-2H3,(H2,13,15). The highest BCUT2D eigenvalue weighted by molar-refractivity contribution is 5.78. The molecule has 0 aromatic carbocycles. The summed E-state index contributed by atoms with van der Waals surface area (Å²) in [5.41, 5.74) is 5.68. The Morgan fingerprint density at radius 1 is 1.33 bits per heavy atom. The second-order valence-corrected chi connectivity index (χ2v) is 5.80. The van der Waals surface area contributed by atoms with Gasteiger partial charge in [0.25, 0.3) is 0 Å². The Balaban J connectivity index is 2.19. The summed E-state index contributed by atoms with van der Waals surface area (Å²) in [4.78, 5) is 11.5. The van der Waals surface area contributed by atoms with Crippen LogP contribution >= 0.6 is 0 Å². The second-order valence-electron chi connectivity index (χ2n) is 5.80. The number of hydrogen-bond acceptors (Lipinski definition) is 2. The van der Waals surface area contributed by atoms with E-state index in [0.29, 0.717) is 0 Å². The van der Waals surface area contributed by atoms with Gasteiger partial charge in [0.05, 0.1) is 5.92 Å². The highest BCUT2D eigenvalue weighted by atomic mass is 16.1. The predicted octanol–water partition coefficient (Wildman–Crippen LogP) is 1.13. The zero-order valence-corrected chi connectivity index (χ0v) is 9.75. The number of carbonyl (C=O) groups is 1. The van der Waals surface area contributed by atoms with E-state index in [9.17, 15) is 4.79 Å². The Morgan fingerprint density at radius 2 is 1.93 bits per heavy atom. The van der Waals surface area contributed by atoms with E-state index < -0.39 is 0 Å². The summed E-state index contributed by atoms with van der Waals surface area (Å²) < 4.78 is 0. The molecule has 3 heteroatoms. The summed E-state index contributed by atoms with van der Waals surface area (Å²) in [6.07, 6.45) is 3.63. The maximum Gasteiger partial charge on any atom is 0.222 e. The van der Waals surface area contributed by atoms with E-state index >= 15 is 0 Å². The molecule has 1 amide bonds. The van der Waals surface area contributed by atoms with Gasteiger partial charge >= 0.3 is 0 Å². The fraction of sp³-hybridized carbons (Fsp3) is 0.917. The third kappa shape index (κ3) is 1.89. The van der Waals surface area contributed by atoms with E-state index in [1.165, 1.54) is 6.42 Å². The van der Waals surface area contributed by atoms with Crippen LogP contribution in [0.4, 0.5) is 0 Å². The predicted molar refractivity (Wildman–Crippen MR) is 60.2 cm³/mol. The van der Waals surface area contributed by atoms with E-state index in [2.05, 4.69) is 19.2 Å². The maximum atomic E-state index is 11.5. The lowest BCUT2D eigenvalue weighted by molar-refractivity contribution is -0.125. The van der Waals surface area contributed by atoms with Gasteiger partial charge in [0.2, 0.25) is 5.91 Å². The van der Waals surface area contributed by atoms with Gasteiger partial charge in [-0.1, -0.05) is 13.8 Å². The van der Waals surface area contributed by atoms with Gasteiger partial charge in [-0.05, 0) is 36.5 Å². The largest absolute Gasteiger partial charge is 0.369 e. The molecule has 0 aromatic heterocycles. The molecule has 3 unspecified atom stereocenters. The number of primary amides is 1. The molecule has 3 nitrogen and oxygen atoms in total. The molecule has 2 aliphatic rings. The first-order chi connectivity index (χ1) is 7.03. The molecule has 86 valence electrons. The molecule has 2 rings (SSSR count). The number of carbonyl (C=O) groups excluding carboxylic acids is 1. The highest BCUT2D eigenvalue weighted by Crippen LogP contribution is 2.48. The van der Waals surface area contributed by atoms with E-state index in [-0.39, 0.29) is 17.2 Å². The second kappa shape index (κ2) is 3.78. The number of nitrogens with two attached hydrogens (primary N) is 1. The van der Waals surface area contributed by atoms with Crippen molar-refractivity contribution >= 4 is 5.91 Å². The lowest BCUT2D eigenvalue weighted by Gasteiger charge is -2.42. The van der Waals surface area contributed by atoms with Crippen LogP contribution in [0.25, 0.3) is 0 Å². The molecule has 0 aromatic rings. The summed E-state index contributed by atoms with van der Waals surface area (Å²) in [6, 6.07) is 0. The van der Waals surface area contributed by atoms with Gasteiger partial charge < -0.3 is 11.1 Å². The first kappa shape index (κ1) is 10.9. The Morgan fingerprint density at radius 3 is 2.47 bits per heavy atom. The van der Waals surface area contributed by atoms with Crippen LogP contribution in [-0.4, -0.2) is 19.0 Å².